The zero-order valence-corrected chi connectivity index (χ0v) is 10.6. The average Bonchev–Trinajstić information content (AvgIpc) is 2.34. The summed E-state index contributed by atoms with van der Waals surface area (Å²) in [4.78, 5) is 0. The second-order valence-electron chi connectivity index (χ2n) is 3.37. The molecule has 0 aliphatic rings. The molecule has 0 aromatic heterocycles. The lowest BCUT2D eigenvalue weighted by Crippen LogP contribution is -2.01. The predicted octanol–water partition coefficient (Wildman–Crippen LogP) is 2.54. The van der Waals surface area contributed by atoms with Crippen molar-refractivity contribution in [2.45, 2.75) is 12.2 Å². The number of benzene rings is 1. The molecule has 4 heteroatoms. The number of thiol groups is 1. The Morgan fingerprint density at radius 3 is 2.44 bits per heavy atom. The molecule has 90 valence electrons. The molecule has 0 amide bonds. The van der Waals surface area contributed by atoms with Crippen LogP contribution in [0.5, 0.6) is 11.5 Å². The van der Waals surface area contributed by atoms with E-state index in [0.717, 1.165) is 23.5 Å². The minimum Gasteiger partial charge on any atom is -0.497 e. The van der Waals surface area contributed by atoms with Gasteiger partial charge in [-0.3, -0.25) is 0 Å². The molecule has 1 aromatic rings. The summed E-state index contributed by atoms with van der Waals surface area (Å²) in [7, 11) is 3.33. The zero-order chi connectivity index (χ0) is 11.8. The van der Waals surface area contributed by atoms with Gasteiger partial charge in [0.15, 0.2) is 0 Å². The van der Waals surface area contributed by atoms with Crippen molar-refractivity contribution in [1.29, 1.82) is 0 Å². The molecule has 0 N–H and O–H groups in total. The third kappa shape index (κ3) is 4.33. The molecule has 0 bridgehead atoms. The van der Waals surface area contributed by atoms with Gasteiger partial charge in [-0.15, -0.1) is 0 Å². The molecule has 0 saturated heterocycles. The molecule has 16 heavy (non-hydrogen) atoms. The molecule has 3 nitrogen and oxygen atoms in total. The van der Waals surface area contributed by atoms with E-state index in [4.69, 9.17) is 14.2 Å². The molecule has 0 unspecified atom stereocenters. The first-order valence-corrected chi connectivity index (χ1v) is 5.84. The highest BCUT2D eigenvalue weighted by atomic mass is 32.1. The fraction of sp³-hybridized carbons (Fsp3) is 0.500. The van der Waals surface area contributed by atoms with E-state index in [1.54, 1.807) is 14.2 Å². The van der Waals surface area contributed by atoms with Crippen molar-refractivity contribution in [2.24, 2.45) is 0 Å². The second kappa shape index (κ2) is 7.41. The van der Waals surface area contributed by atoms with E-state index in [-0.39, 0.29) is 0 Å². The van der Waals surface area contributed by atoms with E-state index in [2.05, 4.69) is 12.6 Å². The Morgan fingerprint density at radius 2 is 1.81 bits per heavy atom. The highest BCUT2D eigenvalue weighted by Crippen LogP contribution is 2.23. The minimum absolute atomic E-state index is 0.646. The molecule has 1 rings (SSSR count). The predicted molar refractivity (Wildman–Crippen MR) is 67.7 cm³/mol. The number of rotatable bonds is 7. The lowest BCUT2D eigenvalue weighted by Gasteiger charge is -2.09. The summed E-state index contributed by atoms with van der Waals surface area (Å²) in [5.74, 6) is 2.29. The van der Waals surface area contributed by atoms with Crippen molar-refractivity contribution in [3.05, 3.63) is 23.8 Å². The summed E-state index contributed by atoms with van der Waals surface area (Å²) < 4.78 is 15.7. The standard InChI is InChI=1S/C12H18O3S/c1-13-4-3-5-15-12-7-10(9-16)6-11(8-12)14-2/h6-8,16H,3-5,9H2,1-2H3. The van der Waals surface area contributed by atoms with Gasteiger partial charge in [0.05, 0.1) is 13.7 Å². The van der Waals surface area contributed by atoms with E-state index < -0.39 is 0 Å². The van der Waals surface area contributed by atoms with Gasteiger partial charge < -0.3 is 14.2 Å². The fourth-order valence-electron chi connectivity index (χ4n) is 1.32. The molecular formula is C12H18O3S. The van der Waals surface area contributed by atoms with Gasteiger partial charge in [0.25, 0.3) is 0 Å². The summed E-state index contributed by atoms with van der Waals surface area (Å²) in [6.07, 6.45) is 0.879. The monoisotopic (exact) mass is 242 g/mol. The van der Waals surface area contributed by atoms with Crippen molar-refractivity contribution in [3.63, 3.8) is 0 Å². The Bertz CT molecular complexity index is 293. The van der Waals surface area contributed by atoms with Gasteiger partial charge in [-0.2, -0.15) is 12.6 Å². The van der Waals surface area contributed by atoms with Crippen LogP contribution in [0.25, 0.3) is 0 Å². The van der Waals surface area contributed by atoms with Crippen molar-refractivity contribution in [3.8, 4) is 11.5 Å². The van der Waals surface area contributed by atoms with Gasteiger partial charge in [0.1, 0.15) is 11.5 Å². The molecule has 0 aliphatic carbocycles. The fourth-order valence-corrected chi connectivity index (χ4v) is 1.50. The zero-order valence-electron chi connectivity index (χ0n) is 9.73. The van der Waals surface area contributed by atoms with E-state index in [9.17, 15) is 0 Å². The molecular weight excluding hydrogens is 224 g/mol. The lowest BCUT2D eigenvalue weighted by molar-refractivity contribution is 0.172. The molecule has 0 radical (unpaired) electrons. The molecule has 0 saturated carbocycles. The van der Waals surface area contributed by atoms with Crippen molar-refractivity contribution in [2.75, 3.05) is 27.4 Å². The van der Waals surface area contributed by atoms with Crippen LogP contribution in [0.15, 0.2) is 18.2 Å². The number of methoxy groups -OCH3 is 2. The van der Waals surface area contributed by atoms with Crippen LogP contribution >= 0.6 is 12.6 Å². The van der Waals surface area contributed by atoms with Crippen molar-refractivity contribution >= 4 is 12.6 Å². The van der Waals surface area contributed by atoms with E-state index >= 15 is 0 Å². The largest absolute Gasteiger partial charge is 0.497 e. The van der Waals surface area contributed by atoms with Gasteiger partial charge in [-0.25, -0.2) is 0 Å². The Kier molecular flexibility index (Phi) is 6.11. The Hall–Kier alpha value is -0.870. The van der Waals surface area contributed by atoms with E-state index in [0.29, 0.717) is 19.0 Å². The van der Waals surface area contributed by atoms with Crippen LogP contribution in [0.4, 0.5) is 0 Å². The first kappa shape index (κ1) is 13.2. The van der Waals surface area contributed by atoms with Gasteiger partial charge in [-0.05, 0) is 17.7 Å². The quantitative estimate of drug-likeness (QED) is 0.588. The van der Waals surface area contributed by atoms with Crippen LogP contribution in [-0.2, 0) is 10.5 Å². The van der Waals surface area contributed by atoms with Gasteiger partial charge in [-0.1, -0.05) is 0 Å². The average molecular weight is 242 g/mol. The minimum atomic E-state index is 0.646. The molecule has 0 spiro atoms. The number of ether oxygens (including phenoxy) is 3. The smallest absolute Gasteiger partial charge is 0.123 e. The maximum absolute atomic E-state index is 5.60. The normalized spacial score (nSPS) is 10.2. The Balaban J connectivity index is 2.57. The number of hydrogen-bond donors (Lipinski definition) is 1. The first-order chi connectivity index (χ1) is 7.80. The van der Waals surface area contributed by atoms with Crippen LogP contribution in [-0.4, -0.2) is 27.4 Å². The van der Waals surface area contributed by atoms with Crippen molar-refractivity contribution < 1.29 is 14.2 Å². The number of hydrogen-bond acceptors (Lipinski definition) is 4. The van der Waals surface area contributed by atoms with E-state index in [1.165, 1.54) is 0 Å². The van der Waals surface area contributed by atoms with Gasteiger partial charge >= 0.3 is 0 Å². The van der Waals surface area contributed by atoms with E-state index in [1.807, 2.05) is 18.2 Å². The molecule has 0 atom stereocenters. The third-order valence-corrected chi connectivity index (χ3v) is 2.48. The first-order valence-electron chi connectivity index (χ1n) is 5.20. The SMILES string of the molecule is COCCCOc1cc(CS)cc(OC)c1. The highest BCUT2D eigenvalue weighted by Gasteiger charge is 2.01. The maximum atomic E-state index is 5.60. The Labute approximate surface area is 102 Å². The van der Waals surface area contributed by atoms with Crippen molar-refractivity contribution in [1.82, 2.24) is 0 Å². The molecule has 0 fully saturated rings. The van der Waals surface area contributed by atoms with Crippen LogP contribution in [0, 0.1) is 0 Å². The third-order valence-electron chi connectivity index (χ3n) is 2.12. The lowest BCUT2D eigenvalue weighted by atomic mass is 10.2. The Morgan fingerprint density at radius 1 is 1.06 bits per heavy atom. The summed E-state index contributed by atoms with van der Waals surface area (Å²) in [5.41, 5.74) is 1.09. The van der Waals surface area contributed by atoms with Crippen LogP contribution < -0.4 is 9.47 Å². The summed E-state index contributed by atoms with van der Waals surface area (Å²) in [6.45, 7) is 1.36. The summed E-state index contributed by atoms with van der Waals surface area (Å²) in [6, 6.07) is 5.80. The summed E-state index contributed by atoms with van der Waals surface area (Å²) >= 11 is 4.24. The maximum Gasteiger partial charge on any atom is 0.123 e. The van der Waals surface area contributed by atoms with Crippen LogP contribution in [0.3, 0.4) is 0 Å². The highest BCUT2D eigenvalue weighted by molar-refractivity contribution is 7.79. The van der Waals surface area contributed by atoms with Crippen LogP contribution in [0.1, 0.15) is 12.0 Å². The van der Waals surface area contributed by atoms with Gasteiger partial charge in [0, 0.05) is 32.0 Å². The topological polar surface area (TPSA) is 27.7 Å². The molecule has 1 aromatic carbocycles. The summed E-state index contributed by atoms with van der Waals surface area (Å²) in [5, 5.41) is 0. The molecule has 0 heterocycles. The second-order valence-corrected chi connectivity index (χ2v) is 3.69. The van der Waals surface area contributed by atoms with Gasteiger partial charge in [0.2, 0.25) is 0 Å². The van der Waals surface area contributed by atoms with Crippen LogP contribution in [0.2, 0.25) is 0 Å². The molecule has 0 aliphatic heterocycles.